The summed E-state index contributed by atoms with van der Waals surface area (Å²) in [6, 6.07) is 11.1. The first-order chi connectivity index (χ1) is 12.6. The van der Waals surface area contributed by atoms with Crippen molar-refractivity contribution >= 4 is 45.9 Å². The summed E-state index contributed by atoms with van der Waals surface area (Å²) in [7, 11) is 1.32. The van der Waals surface area contributed by atoms with Gasteiger partial charge in [0, 0.05) is 10.4 Å². The van der Waals surface area contributed by atoms with Crippen LogP contribution >= 0.6 is 23.4 Å². The molecule has 0 amide bonds. The molecule has 4 rings (SSSR count). The Hall–Kier alpha value is -2.51. The molecule has 0 aliphatic heterocycles. The second kappa shape index (κ2) is 6.66. The third-order valence-electron chi connectivity index (χ3n) is 4.02. The number of halogens is 1. The zero-order valence-corrected chi connectivity index (χ0v) is 15.6. The number of nitrogens with zero attached hydrogens (tertiary/aromatic N) is 3. The quantitative estimate of drug-likeness (QED) is 0.379. The molecule has 0 unspecified atom stereocenters. The number of hydrogen-bond acceptors (Lipinski definition) is 6. The molecule has 0 aliphatic rings. The SMILES string of the molecule is COC(=O)c1ccc(CSc2nnc3cc(C)c4cc(Cl)ccc4n23)o1. The standard InChI is InChI=1S/C18H14ClN3O3S/c1-10-7-16-20-21-18(22(16)14-5-3-11(19)8-13(10)14)26-9-12-4-6-15(25-12)17(23)24-2/h3-8H,9H2,1-2H3. The lowest BCUT2D eigenvalue weighted by molar-refractivity contribution is 0.0563. The molecule has 0 N–H and O–H groups in total. The van der Waals surface area contributed by atoms with E-state index in [0.29, 0.717) is 16.5 Å². The topological polar surface area (TPSA) is 69.6 Å². The molecule has 0 atom stereocenters. The first-order valence-electron chi connectivity index (χ1n) is 7.80. The number of furan rings is 1. The summed E-state index contributed by atoms with van der Waals surface area (Å²) in [5.74, 6) is 0.866. The molecule has 26 heavy (non-hydrogen) atoms. The van der Waals surface area contributed by atoms with Gasteiger partial charge >= 0.3 is 5.97 Å². The molecule has 3 aromatic heterocycles. The summed E-state index contributed by atoms with van der Waals surface area (Å²) in [6.07, 6.45) is 0. The van der Waals surface area contributed by atoms with E-state index in [4.69, 9.17) is 16.0 Å². The van der Waals surface area contributed by atoms with E-state index >= 15 is 0 Å². The Labute approximate surface area is 158 Å². The highest BCUT2D eigenvalue weighted by Crippen LogP contribution is 2.29. The third kappa shape index (κ3) is 2.93. The first-order valence-corrected chi connectivity index (χ1v) is 9.17. The summed E-state index contributed by atoms with van der Waals surface area (Å²) in [6.45, 7) is 2.03. The number of esters is 1. The molecule has 1 aromatic carbocycles. The molecule has 132 valence electrons. The molecule has 3 heterocycles. The van der Waals surface area contributed by atoms with Crippen molar-refractivity contribution in [3.05, 3.63) is 58.5 Å². The average molecular weight is 388 g/mol. The molecule has 0 aliphatic carbocycles. The Kier molecular flexibility index (Phi) is 4.34. The van der Waals surface area contributed by atoms with E-state index in [9.17, 15) is 4.79 Å². The van der Waals surface area contributed by atoms with E-state index in [2.05, 4.69) is 14.9 Å². The number of carbonyl (C=O) groups excluding carboxylic acids is 1. The fraction of sp³-hybridized carbons (Fsp3) is 0.167. The van der Waals surface area contributed by atoms with Gasteiger partial charge in [-0.05, 0) is 48.9 Å². The van der Waals surface area contributed by atoms with Crippen molar-refractivity contribution in [1.29, 1.82) is 0 Å². The van der Waals surface area contributed by atoms with Gasteiger partial charge < -0.3 is 9.15 Å². The number of fused-ring (bicyclic) bond motifs is 3. The van der Waals surface area contributed by atoms with Crippen molar-refractivity contribution in [2.24, 2.45) is 0 Å². The number of aromatic nitrogens is 3. The van der Waals surface area contributed by atoms with Gasteiger partial charge in [0.1, 0.15) is 5.76 Å². The molecule has 8 heteroatoms. The van der Waals surface area contributed by atoms with E-state index in [1.807, 2.05) is 35.6 Å². The van der Waals surface area contributed by atoms with E-state index in [0.717, 1.165) is 27.3 Å². The van der Waals surface area contributed by atoms with Crippen LogP contribution in [0.15, 0.2) is 46.0 Å². The zero-order valence-electron chi connectivity index (χ0n) is 14.0. The summed E-state index contributed by atoms with van der Waals surface area (Å²) in [4.78, 5) is 11.5. The summed E-state index contributed by atoms with van der Waals surface area (Å²) < 4.78 is 12.1. The van der Waals surface area contributed by atoms with Crippen LogP contribution in [0.3, 0.4) is 0 Å². The monoisotopic (exact) mass is 387 g/mol. The van der Waals surface area contributed by atoms with E-state index in [1.165, 1.54) is 18.9 Å². The number of pyridine rings is 1. The van der Waals surface area contributed by atoms with Gasteiger partial charge in [0.25, 0.3) is 0 Å². The van der Waals surface area contributed by atoms with Crippen LogP contribution in [0, 0.1) is 6.92 Å². The van der Waals surface area contributed by atoms with Crippen LogP contribution in [0.25, 0.3) is 16.6 Å². The first kappa shape index (κ1) is 16.9. The van der Waals surface area contributed by atoms with Gasteiger partial charge in [0.15, 0.2) is 10.8 Å². The van der Waals surface area contributed by atoms with Gasteiger partial charge in [-0.1, -0.05) is 23.4 Å². The highest BCUT2D eigenvalue weighted by molar-refractivity contribution is 7.98. The molecule has 0 saturated carbocycles. The Morgan fingerprint density at radius 2 is 2.12 bits per heavy atom. The van der Waals surface area contributed by atoms with Crippen molar-refractivity contribution < 1.29 is 13.9 Å². The zero-order chi connectivity index (χ0) is 18.3. The molecular formula is C18H14ClN3O3S. The predicted octanol–water partition coefficient (Wildman–Crippen LogP) is 4.52. The molecule has 0 radical (unpaired) electrons. The molecule has 0 saturated heterocycles. The van der Waals surface area contributed by atoms with Crippen molar-refractivity contribution in [2.45, 2.75) is 17.8 Å². The number of hydrogen-bond donors (Lipinski definition) is 0. The Morgan fingerprint density at radius 1 is 1.27 bits per heavy atom. The Morgan fingerprint density at radius 3 is 2.92 bits per heavy atom. The van der Waals surface area contributed by atoms with Gasteiger partial charge in [-0.25, -0.2) is 4.79 Å². The maximum atomic E-state index is 11.5. The van der Waals surface area contributed by atoms with Crippen LogP contribution < -0.4 is 0 Å². The minimum atomic E-state index is -0.493. The van der Waals surface area contributed by atoms with Gasteiger partial charge in [-0.3, -0.25) is 4.40 Å². The van der Waals surface area contributed by atoms with Gasteiger partial charge in [-0.2, -0.15) is 0 Å². The minimum Gasteiger partial charge on any atom is -0.463 e. The van der Waals surface area contributed by atoms with Crippen molar-refractivity contribution in [3.8, 4) is 0 Å². The predicted molar refractivity (Wildman–Crippen MR) is 99.8 cm³/mol. The van der Waals surface area contributed by atoms with Crippen molar-refractivity contribution in [1.82, 2.24) is 14.6 Å². The Balaban J connectivity index is 1.69. The van der Waals surface area contributed by atoms with Crippen LogP contribution in [-0.4, -0.2) is 27.7 Å². The van der Waals surface area contributed by atoms with E-state index in [-0.39, 0.29) is 5.76 Å². The third-order valence-corrected chi connectivity index (χ3v) is 5.21. The number of methoxy groups -OCH3 is 1. The number of ether oxygens (including phenoxy) is 1. The fourth-order valence-corrected chi connectivity index (χ4v) is 3.80. The van der Waals surface area contributed by atoms with Crippen LogP contribution in [0.1, 0.15) is 21.9 Å². The lowest BCUT2D eigenvalue weighted by atomic mass is 10.1. The lowest BCUT2D eigenvalue weighted by Gasteiger charge is -2.07. The van der Waals surface area contributed by atoms with Crippen molar-refractivity contribution in [3.63, 3.8) is 0 Å². The van der Waals surface area contributed by atoms with Crippen LogP contribution in [0.4, 0.5) is 0 Å². The Bertz CT molecular complexity index is 1140. The van der Waals surface area contributed by atoms with Gasteiger partial charge in [0.05, 0.1) is 18.4 Å². The summed E-state index contributed by atoms with van der Waals surface area (Å²) in [5, 5.41) is 11.0. The van der Waals surface area contributed by atoms with Crippen LogP contribution in [0.2, 0.25) is 5.02 Å². The highest BCUT2D eigenvalue weighted by atomic mass is 35.5. The largest absolute Gasteiger partial charge is 0.463 e. The van der Waals surface area contributed by atoms with Gasteiger partial charge in [-0.15, -0.1) is 10.2 Å². The molecule has 6 nitrogen and oxygen atoms in total. The second-order valence-electron chi connectivity index (χ2n) is 5.71. The number of benzene rings is 1. The molecule has 0 spiro atoms. The van der Waals surface area contributed by atoms with Crippen LogP contribution in [-0.2, 0) is 10.5 Å². The summed E-state index contributed by atoms with van der Waals surface area (Å²) in [5.41, 5.74) is 2.86. The molecule has 4 aromatic rings. The maximum absolute atomic E-state index is 11.5. The minimum absolute atomic E-state index is 0.185. The fourth-order valence-electron chi connectivity index (χ4n) is 2.79. The molecule has 0 bridgehead atoms. The van der Waals surface area contributed by atoms with E-state index in [1.54, 1.807) is 12.1 Å². The van der Waals surface area contributed by atoms with Crippen molar-refractivity contribution in [2.75, 3.05) is 7.11 Å². The maximum Gasteiger partial charge on any atom is 0.373 e. The highest BCUT2D eigenvalue weighted by Gasteiger charge is 2.15. The average Bonchev–Trinajstić information content (AvgIpc) is 3.26. The van der Waals surface area contributed by atoms with Crippen LogP contribution in [0.5, 0.6) is 0 Å². The number of rotatable bonds is 4. The second-order valence-corrected chi connectivity index (χ2v) is 7.09. The lowest BCUT2D eigenvalue weighted by Crippen LogP contribution is -1.98. The molecular weight excluding hydrogens is 374 g/mol. The number of carbonyl (C=O) groups is 1. The number of aryl methyl sites for hydroxylation is 1. The smallest absolute Gasteiger partial charge is 0.373 e. The number of thioether (sulfide) groups is 1. The van der Waals surface area contributed by atoms with E-state index < -0.39 is 5.97 Å². The van der Waals surface area contributed by atoms with Gasteiger partial charge in [0.2, 0.25) is 5.76 Å². The normalized spacial score (nSPS) is 11.3. The molecule has 0 fully saturated rings. The summed E-state index contributed by atoms with van der Waals surface area (Å²) >= 11 is 7.62.